The Morgan fingerprint density at radius 3 is 2.82 bits per heavy atom. The minimum atomic E-state index is -0.153. The Kier molecular flexibility index (Phi) is 4.37. The molecule has 1 aromatic rings. The van der Waals surface area contributed by atoms with Crippen molar-refractivity contribution in [3.05, 3.63) is 29.6 Å². The summed E-state index contributed by atoms with van der Waals surface area (Å²) in [4.78, 5) is 0. The lowest BCUT2D eigenvalue weighted by molar-refractivity contribution is 0.410. The molecule has 0 amide bonds. The quantitative estimate of drug-likeness (QED) is 0.736. The van der Waals surface area contributed by atoms with Crippen molar-refractivity contribution in [1.82, 2.24) is 5.32 Å². The zero-order valence-corrected chi connectivity index (χ0v) is 10.3. The fourth-order valence-electron chi connectivity index (χ4n) is 1.89. The molecule has 1 aliphatic carbocycles. The highest BCUT2D eigenvalue weighted by atomic mass is 19.1. The maximum Gasteiger partial charge on any atom is 0.130 e. The summed E-state index contributed by atoms with van der Waals surface area (Å²) in [6.45, 7) is 1.06. The molecule has 3 heteroatoms. The summed E-state index contributed by atoms with van der Waals surface area (Å²) in [5.41, 5.74) is 0.789. The van der Waals surface area contributed by atoms with E-state index in [4.69, 9.17) is 4.74 Å². The molecule has 0 heterocycles. The average molecular weight is 237 g/mol. The van der Waals surface area contributed by atoms with E-state index in [2.05, 4.69) is 5.32 Å². The van der Waals surface area contributed by atoms with E-state index in [0.717, 1.165) is 37.4 Å². The second kappa shape index (κ2) is 6.01. The van der Waals surface area contributed by atoms with E-state index >= 15 is 0 Å². The molecule has 0 bridgehead atoms. The number of aryl methyl sites for hydroxylation is 1. The fourth-order valence-corrected chi connectivity index (χ4v) is 1.89. The van der Waals surface area contributed by atoms with Crippen LogP contribution in [0.15, 0.2) is 18.2 Å². The molecule has 94 valence electrons. The van der Waals surface area contributed by atoms with E-state index in [1.807, 2.05) is 12.1 Å². The minimum absolute atomic E-state index is 0.153. The number of hydrogen-bond donors (Lipinski definition) is 1. The average Bonchev–Trinajstić information content (AvgIpc) is 3.14. The molecular formula is C14H20FNO. The van der Waals surface area contributed by atoms with Gasteiger partial charge in [0.05, 0.1) is 7.11 Å². The van der Waals surface area contributed by atoms with Crippen LogP contribution in [0.25, 0.3) is 0 Å². The first-order valence-electron chi connectivity index (χ1n) is 6.35. The Morgan fingerprint density at radius 1 is 1.35 bits per heavy atom. The smallest absolute Gasteiger partial charge is 0.130 e. The molecule has 0 atom stereocenters. The zero-order chi connectivity index (χ0) is 12.1. The van der Waals surface area contributed by atoms with Gasteiger partial charge < -0.3 is 10.1 Å². The van der Waals surface area contributed by atoms with Gasteiger partial charge in [0.25, 0.3) is 0 Å². The van der Waals surface area contributed by atoms with Gasteiger partial charge in [-0.1, -0.05) is 6.07 Å². The van der Waals surface area contributed by atoms with E-state index in [0.29, 0.717) is 5.75 Å². The van der Waals surface area contributed by atoms with Gasteiger partial charge in [0.1, 0.15) is 11.6 Å². The first kappa shape index (κ1) is 12.4. The number of ether oxygens (including phenoxy) is 1. The summed E-state index contributed by atoms with van der Waals surface area (Å²) >= 11 is 0. The van der Waals surface area contributed by atoms with Gasteiger partial charge in [0, 0.05) is 12.1 Å². The van der Waals surface area contributed by atoms with Gasteiger partial charge in [0.2, 0.25) is 0 Å². The third kappa shape index (κ3) is 4.00. The second-order valence-corrected chi connectivity index (χ2v) is 4.64. The van der Waals surface area contributed by atoms with Crippen molar-refractivity contribution in [3.8, 4) is 5.75 Å². The number of methoxy groups -OCH3 is 1. The van der Waals surface area contributed by atoms with Crippen molar-refractivity contribution >= 4 is 0 Å². The number of hydrogen-bond acceptors (Lipinski definition) is 2. The Bertz CT molecular complexity index is 363. The first-order chi connectivity index (χ1) is 8.29. The molecule has 2 nitrogen and oxygen atoms in total. The van der Waals surface area contributed by atoms with Crippen LogP contribution in [-0.2, 0) is 6.42 Å². The summed E-state index contributed by atoms with van der Waals surface area (Å²) in [7, 11) is 1.55. The Labute approximate surface area is 102 Å². The van der Waals surface area contributed by atoms with Gasteiger partial charge >= 0.3 is 0 Å². The van der Waals surface area contributed by atoms with Gasteiger partial charge in [0.15, 0.2) is 0 Å². The molecule has 1 saturated carbocycles. The van der Waals surface area contributed by atoms with Crippen LogP contribution < -0.4 is 10.1 Å². The molecule has 1 fully saturated rings. The summed E-state index contributed by atoms with van der Waals surface area (Å²) in [5, 5.41) is 3.46. The highest BCUT2D eigenvalue weighted by Gasteiger charge is 2.19. The molecule has 0 spiro atoms. The summed E-state index contributed by atoms with van der Waals surface area (Å²) < 4.78 is 18.6. The first-order valence-corrected chi connectivity index (χ1v) is 6.35. The van der Waals surface area contributed by atoms with Gasteiger partial charge in [-0.15, -0.1) is 0 Å². The Hall–Kier alpha value is -1.09. The molecule has 0 saturated heterocycles. The van der Waals surface area contributed by atoms with Crippen molar-refractivity contribution < 1.29 is 9.13 Å². The van der Waals surface area contributed by atoms with E-state index in [1.165, 1.54) is 18.9 Å². The molecule has 1 aromatic carbocycles. The molecule has 2 rings (SSSR count). The Morgan fingerprint density at radius 2 is 2.18 bits per heavy atom. The Balaban J connectivity index is 1.70. The standard InChI is InChI=1S/C14H20FNO/c1-17-13-8-5-11(14(15)10-13)4-2-3-9-16-12-6-7-12/h5,8,10,12,16H,2-4,6-7,9H2,1H3. The van der Waals surface area contributed by atoms with Crippen LogP contribution in [0.1, 0.15) is 31.2 Å². The maximum atomic E-state index is 13.6. The predicted octanol–water partition coefficient (Wildman–Crippen LogP) is 2.91. The molecule has 0 aromatic heterocycles. The largest absolute Gasteiger partial charge is 0.497 e. The lowest BCUT2D eigenvalue weighted by atomic mass is 10.1. The van der Waals surface area contributed by atoms with E-state index in [9.17, 15) is 4.39 Å². The SMILES string of the molecule is COc1ccc(CCCCNC2CC2)c(F)c1. The van der Waals surface area contributed by atoms with Gasteiger partial charge in [-0.25, -0.2) is 4.39 Å². The molecule has 1 aliphatic rings. The van der Waals surface area contributed by atoms with Crippen LogP contribution in [0.2, 0.25) is 0 Å². The van der Waals surface area contributed by atoms with Crippen LogP contribution in [0.5, 0.6) is 5.75 Å². The van der Waals surface area contributed by atoms with E-state index in [-0.39, 0.29) is 5.82 Å². The van der Waals surface area contributed by atoms with Crippen LogP contribution in [0, 0.1) is 5.82 Å². The van der Waals surface area contributed by atoms with Crippen molar-refractivity contribution in [3.63, 3.8) is 0 Å². The summed E-state index contributed by atoms with van der Waals surface area (Å²) in [6.07, 6.45) is 5.60. The number of unbranched alkanes of at least 4 members (excludes halogenated alkanes) is 1. The molecule has 0 radical (unpaired) electrons. The third-order valence-corrected chi connectivity index (χ3v) is 3.14. The van der Waals surface area contributed by atoms with Gasteiger partial charge in [-0.2, -0.15) is 0 Å². The molecule has 0 aliphatic heterocycles. The van der Waals surface area contributed by atoms with E-state index < -0.39 is 0 Å². The van der Waals surface area contributed by atoms with Gasteiger partial charge in [-0.3, -0.25) is 0 Å². The van der Waals surface area contributed by atoms with Crippen LogP contribution in [0.4, 0.5) is 4.39 Å². The second-order valence-electron chi connectivity index (χ2n) is 4.64. The van der Waals surface area contributed by atoms with Crippen molar-refractivity contribution in [1.29, 1.82) is 0 Å². The topological polar surface area (TPSA) is 21.3 Å². The fraction of sp³-hybridized carbons (Fsp3) is 0.571. The normalized spacial score (nSPS) is 14.9. The molecule has 17 heavy (non-hydrogen) atoms. The number of rotatable bonds is 7. The predicted molar refractivity (Wildman–Crippen MR) is 66.9 cm³/mol. The molecular weight excluding hydrogens is 217 g/mol. The molecule has 0 unspecified atom stereocenters. The summed E-state index contributed by atoms with van der Waals surface area (Å²) in [5.74, 6) is 0.432. The lowest BCUT2D eigenvalue weighted by Crippen LogP contribution is -2.17. The molecule has 1 N–H and O–H groups in total. The van der Waals surface area contributed by atoms with Gasteiger partial charge in [-0.05, 0) is 50.3 Å². The monoisotopic (exact) mass is 237 g/mol. The van der Waals surface area contributed by atoms with Crippen molar-refractivity contribution in [2.75, 3.05) is 13.7 Å². The van der Waals surface area contributed by atoms with Crippen LogP contribution in [0.3, 0.4) is 0 Å². The van der Waals surface area contributed by atoms with Crippen molar-refractivity contribution in [2.45, 2.75) is 38.1 Å². The maximum absolute atomic E-state index is 13.6. The zero-order valence-electron chi connectivity index (χ0n) is 10.3. The highest BCUT2D eigenvalue weighted by Crippen LogP contribution is 2.19. The van der Waals surface area contributed by atoms with Crippen LogP contribution in [-0.4, -0.2) is 19.7 Å². The summed E-state index contributed by atoms with van der Waals surface area (Å²) in [6, 6.07) is 5.87. The number of nitrogens with one attached hydrogen (secondary N) is 1. The van der Waals surface area contributed by atoms with Crippen molar-refractivity contribution in [2.24, 2.45) is 0 Å². The third-order valence-electron chi connectivity index (χ3n) is 3.14. The number of halogens is 1. The highest BCUT2D eigenvalue weighted by molar-refractivity contribution is 5.28. The van der Waals surface area contributed by atoms with E-state index in [1.54, 1.807) is 7.11 Å². The minimum Gasteiger partial charge on any atom is -0.497 e. The lowest BCUT2D eigenvalue weighted by Gasteiger charge is -2.06. The number of benzene rings is 1. The van der Waals surface area contributed by atoms with Crippen LogP contribution >= 0.6 is 0 Å².